The van der Waals surface area contributed by atoms with E-state index < -0.39 is 42.3 Å². The standard InChI is InChI=1S/C19H24F5NO5/c1-4-9-28-17(27)11-13-7-8-14(29-12-16(26)25(5-2)6-3)15(10-13)30-19(23,24)18(20,21)22/h7-8,10H,4-6,9,11-12H2,1-3H3. The molecule has 0 atom stereocenters. The van der Waals surface area contributed by atoms with Crippen molar-refractivity contribution < 1.29 is 45.8 Å². The van der Waals surface area contributed by atoms with Gasteiger partial charge in [0.1, 0.15) is 0 Å². The summed E-state index contributed by atoms with van der Waals surface area (Å²) < 4.78 is 78.4. The van der Waals surface area contributed by atoms with Crippen LogP contribution in [0.4, 0.5) is 22.0 Å². The average molecular weight is 441 g/mol. The minimum Gasteiger partial charge on any atom is -0.480 e. The first kappa shape index (κ1) is 25.4. The summed E-state index contributed by atoms with van der Waals surface area (Å²) in [7, 11) is 0. The van der Waals surface area contributed by atoms with Crippen LogP contribution in [0, 0.1) is 0 Å². The van der Waals surface area contributed by atoms with Crippen molar-refractivity contribution in [1.29, 1.82) is 0 Å². The molecule has 0 saturated heterocycles. The summed E-state index contributed by atoms with van der Waals surface area (Å²) in [4.78, 5) is 25.1. The summed E-state index contributed by atoms with van der Waals surface area (Å²) >= 11 is 0. The van der Waals surface area contributed by atoms with E-state index in [1.807, 2.05) is 0 Å². The molecule has 11 heteroatoms. The third kappa shape index (κ3) is 7.34. The van der Waals surface area contributed by atoms with Gasteiger partial charge in [0.05, 0.1) is 13.0 Å². The second-order valence-corrected chi connectivity index (χ2v) is 6.15. The van der Waals surface area contributed by atoms with Gasteiger partial charge >= 0.3 is 18.3 Å². The van der Waals surface area contributed by atoms with Crippen LogP contribution in [0.1, 0.15) is 32.8 Å². The molecule has 0 bridgehead atoms. The molecule has 0 aliphatic carbocycles. The Labute approximate surface area is 170 Å². The van der Waals surface area contributed by atoms with Gasteiger partial charge in [0.2, 0.25) is 0 Å². The lowest BCUT2D eigenvalue weighted by molar-refractivity contribution is -0.360. The van der Waals surface area contributed by atoms with Crippen molar-refractivity contribution in [2.45, 2.75) is 45.9 Å². The summed E-state index contributed by atoms with van der Waals surface area (Å²) in [6.45, 7) is 5.49. The minimum atomic E-state index is -5.97. The number of likely N-dealkylation sites (N-methyl/N-ethyl adjacent to an activating group) is 1. The Hall–Kier alpha value is -2.59. The lowest BCUT2D eigenvalue weighted by Crippen LogP contribution is -2.42. The molecule has 0 aliphatic heterocycles. The summed E-state index contributed by atoms with van der Waals surface area (Å²) in [6.07, 6.45) is -11.3. The number of hydrogen-bond acceptors (Lipinski definition) is 5. The van der Waals surface area contributed by atoms with Gasteiger partial charge in [-0.15, -0.1) is 0 Å². The van der Waals surface area contributed by atoms with Crippen molar-refractivity contribution >= 4 is 11.9 Å². The Morgan fingerprint density at radius 1 is 1.00 bits per heavy atom. The smallest absolute Gasteiger partial charge is 0.480 e. The maximum atomic E-state index is 13.4. The maximum Gasteiger partial charge on any atom is 0.499 e. The van der Waals surface area contributed by atoms with Crippen LogP contribution < -0.4 is 9.47 Å². The summed E-state index contributed by atoms with van der Waals surface area (Å²) in [5.41, 5.74) is 0.0755. The van der Waals surface area contributed by atoms with Crippen LogP contribution in [0.3, 0.4) is 0 Å². The number of ether oxygens (including phenoxy) is 3. The first-order valence-electron chi connectivity index (χ1n) is 9.27. The van der Waals surface area contributed by atoms with Crippen LogP contribution in [0.2, 0.25) is 0 Å². The fraction of sp³-hybridized carbons (Fsp3) is 0.579. The van der Waals surface area contributed by atoms with Gasteiger partial charge in [-0.1, -0.05) is 13.0 Å². The van der Waals surface area contributed by atoms with Gasteiger partial charge in [-0.25, -0.2) is 0 Å². The van der Waals surface area contributed by atoms with Crippen LogP contribution in [-0.4, -0.2) is 55.4 Å². The van der Waals surface area contributed by atoms with E-state index in [1.165, 1.54) is 11.0 Å². The van der Waals surface area contributed by atoms with Gasteiger partial charge in [0, 0.05) is 13.1 Å². The molecule has 30 heavy (non-hydrogen) atoms. The number of hydrogen-bond donors (Lipinski definition) is 0. The number of nitrogens with zero attached hydrogens (tertiary/aromatic N) is 1. The highest BCUT2D eigenvalue weighted by Crippen LogP contribution is 2.40. The number of benzene rings is 1. The normalized spacial score (nSPS) is 11.7. The summed E-state index contributed by atoms with van der Waals surface area (Å²) in [5, 5.41) is 0. The molecule has 0 radical (unpaired) electrons. The molecule has 170 valence electrons. The molecular weight excluding hydrogens is 417 g/mol. The van der Waals surface area contributed by atoms with Gasteiger partial charge in [0.25, 0.3) is 5.91 Å². The molecule has 1 amide bonds. The van der Waals surface area contributed by atoms with E-state index in [0.717, 1.165) is 12.1 Å². The molecule has 1 rings (SSSR count). The average Bonchev–Trinajstić information content (AvgIpc) is 2.65. The van der Waals surface area contributed by atoms with E-state index >= 15 is 0 Å². The third-order valence-electron chi connectivity index (χ3n) is 3.86. The van der Waals surface area contributed by atoms with E-state index in [9.17, 15) is 31.5 Å². The van der Waals surface area contributed by atoms with Gasteiger partial charge in [0.15, 0.2) is 18.1 Å². The first-order valence-corrected chi connectivity index (χ1v) is 9.27. The molecule has 0 spiro atoms. The lowest BCUT2D eigenvalue weighted by Gasteiger charge is -2.23. The fourth-order valence-corrected chi connectivity index (χ4v) is 2.30. The van der Waals surface area contributed by atoms with Crippen LogP contribution in [0.25, 0.3) is 0 Å². The van der Waals surface area contributed by atoms with Gasteiger partial charge < -0.3 is 19.1 Å². The molecule has 0 fully saturated rings. The second kappa shape index (κ2) is 11.0. The monoisotopic (exact) mass is 441 g/mol. The van der Waals surface area contributed by atoms with E-state index in [-0.39, 0.29) is 18.6 Å². The first-order chi connectivity index (χ1) is 13.9. The van der Waals surface area contributed by atoms with Gasteiger partial charge in [-0.3, -0.25) is 9.59 Å². The Morgan fingerprint density at radius 3 is 2.17 bits per heavy atom. The van der Waals surface area contributed by atoms with Crippen molar-refractivity contribution in [3.63, 3.8) is 0 Å². The zero-order valence-corrected chi connectivity index (χ0v) is 16.9. The molecule has 6 nitrogen and oxygen atoms in total. The number of esters is 1. The highest BCUT2D eigenvalue weighted by atomic mass is 19.4. The summed E-state index contributed by atoms with van der Waals surface area (Å²) in [6, 6.07) is 3.16. The van der Waals surface area contributed by atoms with Crippen LogP contribution >= 0.6 is 0 Å². The predicted octanol–water partition coefficient (Wildman–Crippen LogP) is 3.96. The van der Waals surface area contributed by atoms with Crippen molar-refractivity contribution in [2.24, 2.45) is 0 Å². The molecule has 1 aromatic rings. The zero-order valence-electron chi connectivity index (χ0n) is 16.9. The Kier molecular flexibility index (Phi) is 9.31. The number of halogens is 5. The fourth-order valence-electron chi connectivity index (χ4n) is 2.30. The van der Waals surface area contributed by atoms with E-state index in [2.05, 4.69) is 4.74 Å². The van der Waals surface area contributed by atoms with E-state index in [0.29, 0.717) is 19.5 Å². The molecule has 0 saturated carbocycles. The Bertz CT molecular complexity index is 720. The zero-order chi connectivity index (χ0) is 22.9. The molecule has 1 aromatic carbocycles. The van der Waals surface area contributed by atoms with Crippen LogP contribution in [-0.2, 0) is 20.7 Å². The molecular formula is C19H24F5NO5. The number of carbonyl (C=O) groups excluding carboxylic acids is 2. The Morgan fingerprint density at radius 2 is 1.63 bits per heavy atom. The van der Waals surface area contributed by atoms with E-state index in [4.69, 9.17) is 9.47 Å². The molecule has 0 aromatic heterocycles. The quantitative estimate of drug-likeness (QED) is 0.384. The van der Waals surface area contributed by atoms with Crippen molar-refractivity contribution in [2.75, 3.05) is 26.3 Å². The molecule has 0 N–H and O–H groups in total. The minimum absolute atomic E-state index is 0.0755. The Balaban J connectivity index is 3.10. The molecule has 0 heterocycles. The SMILES string of the molecule is CCCOC(=O)Cc1ccc(OCC(=O)N(CC)CC)c(OC(F)(F)C(F)(F)F)c1. The lowest BCUT2D eigenvalue weighted by atomic mass is 10.1. The van der Waals surface area contributed by atoms with Crippen LogP contribution in [0.5, 0.6) is 11.5 Å². The summed E-state index contributed by atoms with van der Waals surface area (Å²) in [5.74, 6) is -2.62. The second-order valence-electron chi connectivity index (χ2n) is 6.15. The van der Waals surface area contributed by atoms with E-state index in [1.54, 1.807) is 20.8 Å². The largest absolute Gasteiger partial charge is 0.499 e. The molecule has 0 unspecified atom stereocenters. The topological polar surface area (TPSA) is 65.1 Å². The molecule has 0 aliphatic rings. The third-order valence-corrected chi connectivity index (χ3v) is 3.86. The van der Waals surface area contributed by atoms with Gasteiger partial charge in [-0.2, -0.15) is 22.0 Å². The number of amides is 1. The predicted molar refractivity (Wildman–Crippen MR) is 96.4 cm³/mol. The highest BCUT2D eigenvalue weighted by molar-refractivity contribution is 5.78. The number of alkyl halides is 5. The maximum absolute atomic E-state index is 13.4. The number of rotatable bonds is 11. The van der Waals surface area contributed by atoms with Gasteiger partial charge in [-0.05, 0) is 38.0 Å². The highest BCUT2D eigenvalue weighted by Gasteiger charge is 2.61. The van der Waals surface area contributed by atoms with Crippen molar-refractivity contribution in [3.05, 3.63) is 23.8 Å². The number of carbonyl (C=O) groups is 2. The van der Waals surface area contributed by atoms with Crippen molar-refractivity contribution in [1.82, 2.24) is 4.90 Å². The van der Waals surface area contributed by atoms with Crippen molar-refractivity contribution in [3.8, 4) is 11.5 Å². The van der Waals surface area contributed by atoms with Crippen LogP contribution in [0.15, 0.2) is 18.2 Å².